The van der Waals surface area contributed by atoms with Gasteiger partial charge in [-0.15, -0.1) is 0 Å². The van der Waals surface area contributed by atoms with Crippen LogP contribution >= 0.6 is 0 Å². The van der Waals surface area contributed by atoms with E-state index < -0.39 is 11.9 Å². The first-order valence-corrected chi connectivity index (χ1v) is 51.6. The van der Waals surface area contributed by atoms with Gasteiger partial charge < -0.3 is 75.8 Å². The third-order valence-corrected chi connectivity index (χ3v) is 20.6. The lowest BCUT2D eigenvalue weighted by molar-refractivity contribution is -0.153. The Morgan fingerprint density at radius 2 is 0.257 bits per heavy atom. The molecular formula is C116H180O32. The molecule has 0 aliphatic heterocycles. The number of hydrogen-bond donors (Lipinski definition) is 0. The molecule has 2 fully saturated rings. The summed E-state index contributed by atoms with van der Waals surface area (Å²) < 4.78 is 79.7. The number of ether oxygens (including phenoxy) is 16. The molecule has 0 aromatic rings. The molecule has 836 valence electrons. The van der Waals surface area contributed by atoms with Crippen LogP contribution in [0, 0.1) is 0 Å². The maximum atomic E-state index is 11.3. The minimum Gasteiger partial charge on any atom is -0.463 e. The Hall–Kier alpha value is -12.6. The molecule has 0 atom stereocenters. The quantitative estimate of drug-likeness (QED) is 0.0236. The molecule has 0 aromatic carbocycles. The summed E-state index contributed by atoms with van der Waals surface area (Å²) >= 11 is 0. The summed E-state index contributed by atoms with van der Waals surface area (Å²) in [6.07, 6.45) is 51.2. The summed E-state index contributed by atoms with van der Waals surface area (Å²) in [4.78, 5) is 175. The van der Waals surface area contributed by atoms with Crippen LogP contribution in [0.1, 0.15) is 338 Å². The fourth-order valence-electron chi connectivity index (χ4n) is 12.1. The largest absolute Gasteiger partial charge is 0.463 e. The Bertz CT molecular complexity index is 3750. The summed E-state index contributed by atoms with van der Waals surface area (Å²) in [5, 5.41) is 0. The molecular weight excluding hydrogens is 1910 g/mol. The van der Waals surface area contributed by atoms with Gasteiger partial charge in [0.1, 0.15) is 24.4 Å². The summed E-state index contributed by atoms with van der Waals surface area (Å²) in [6.45, 7) is 73.3. The number of esters is 16. The first-order chi connectivity index (χ1) is 70.5. The molecule has 0 radical (unpaired) electrons. The minimum absolute atomic E-state index is 0.0795. The van der Waals surface area contributed by atoms with E-state index in [0.717, 1.165) is 230 Å². The van der Waals surface area contributed by atoms with E-state index in [9.17, 15) is 76.7 Å². The Kier molecular flexibility index (Phi) is 103. The van der Waals surface area contributed by atoms with Gasteiger partial charge in [-0.1, -0.05) is 234 Å². The fraction of sp³-hybridized carbons (Fsp3) is 0.586. The van der Waals surface area contributed by atoms with Crippen molar-refractivity contribution < 1.29 is 153 Å². The molecule has 0 N–H and O–H groups in total. The number of carbonyl (C=O) groups is 16. The normalized spacial score (nSPS) is 12.9. The van der Waals surface area contributed by atoms with Gasteiger partial charge in [-0.05, 0) is 209 Å². The molecule has 0 unspecified atom stereocenters. The third kappa shape index (κ3) is 105. The number of rotatable bonds is 74. The zero-order valence-corrected chi connectivity index (χ0v) is 90.9. The van der Waals surface area contributed by atoms with E-state index in [4.69, 9.17) is 75.8 Å². The van der Waals surface area contributed by atoms with E-state index in [1.54, 1.807) is 55.4 Å². The molecule has 2 saturated carbocycles. The molecule has 32 nitrogen and oxygen atoms in total. The number of carbonyl (C=O) groups excluding carboxylic acids is 16. The zero-order chi connectivity index (χ0) is 113. The van der Waals surface area contributed by atoms with Crippen molar-refractivity contribution in [1.29, 1.82) is 0 Å². The second-order valence-electron chi connectivity index (χ2n) is 34.9. The molecule has 0 amide bonds. The monoisotopic (exact) mass is 2090 g/mol. The molecule has 2 rings (SSSR count). The van der Waals surface area contributed by atoms with Crippen LogP contribution in [0.15, 0.2) is 198 Å². The van der Waals surface area contributed by atoms with Crippen LogP contribution in [-0.4, -0.2) is 199 Å². The molecule has 2 aliphatic carbocycles. The predicted octanol–water partition coefficient (Wildman–Crippen LogP) is 23.3. The van der Waals surface area contributed by atoms with Gasteiger partial charge in [-0.25, -0.2) is 76.7 Å². The van der Waals surface area contributed by atoms with E-state index in [1.165, 1.54) is 50.0 Å². The predicted molar refractivity (Wildman–Crippen MR) is 574 cm³/mol. The highest BCUT2D eigenvalue weighted by Crippen LogP contribution is 2.27. The molecule has 2 aliphatic rings. The van der Waals surface area contributed by atoms with E-state index >= 15 is 0 Å². The molecule has 148 heavy (non-hydrogen) atoms. The van der Waals surface area contributed by atoms with Crippen molar-refractivity contribution in [3.05, 3.63) is 198 Å². The van der Waals surface area contributed by atoms with Crippen molar-refractivity contribution in [2.75, 3.05) is 79.3 Å². The van der Waals surface area contributed by atoms with Gasteiger partial charge in [0.05, 0.1) is 79.3 Å². The van der Waals surface area contributed by atoms with Crippen LogP contribution < -0.4 is 0 Å². The zero-order valence-electron chi connectivity index (χ0n) is 90.9. The summed E-state index contributed by atoms with van der Waals surface area (Å²) in [6, 6.07) is 0. The van der Waals surface area contributed by atoms with Gasteiger partial charge in [0.15, 0.2) is 0 Å². The van der Waals surface area contributed by atoms with Gasteiger partial charge in [-0.2, -0.15) is 0 Å². The molecule has 0 saturated heterocycles. The molecule has 0 bridgehead atoms. The SMILES string of the molecule is C=C(C)C(=O)OC1CCC(OC(=O)C(=C)C)CC1.C=C(C)C(=O)OCCCCCCCCCCOC(=O)C(=C)C.C=C(C)C(=O)OCCCCCCCCOC(=O)C(=C)C.C=C(C)C(=O)OCCCCCCOC(=O)C(=C)C.C=CC(=O)OC1CCC(OC(=O)C=C)CC1.C=CC(=O)OCCCCCCCCCCOC(=O)C=C.C=CC(=O)OCCCCCCCCOC(=O)C=C.C=CC(=O)OCCCCCCOC(=O)C=C. The molecule has 0 heterocycles. The molecule has 32 heteroatoms. The fourth-order valence-corrected chi connectivity index (χ4v) is 12.1. The van der Waals surface area contributed by atoms with Gasteiger partial charge in [0.25, 0.3) is 0 Å². The number of hydrogen-bond acceptors (Lipinski definition) is 32. The van der Waals surface area contributed by atoms with Crippen molar-refractivity contribution in [3.8, 4) is 0 Å². The highest BCUT2D eigenvalue weighted by molar-refractivity contribution is 5.91. The maximum Gasteiger partial charge on any atom is 0.333 e. The van der Waals surface area contributed by atoms with Crippen molar-refractivity contribution in [1.82, 2.24) is 0 Å². The highest BCUT2D eigenvalue weighted by atomic mass is 16.6. The molecule has 0 spiro atoms. The highest BCUT2D eigenvalue weighted by Gasteiger charge is 2.28. The lowest BCUT2D eigenvalue weighted by Crippen LogP contribution is -2.30. The number of unbranched alkanes of at least 4 members (excludes halogenated alkanes) is 30. The van der Waals surface area contributed by atoms with E-state index in [-0.39, 0.29) is 108 Å². The van der Waals surface area contributed by atoms with Crippen LogP contribution in [0.3, 0.4) is 0 Å². The van der Waals surface area contributed by atoms with Gasteiger partial charge in [0.2, 0.25) is 0 Å². The van der Waals surface area contributed by atoms with Crippen molar-refractivity contribution in [2.24, 2.45) is 0 Å². The van der Waals surface area contributed by atoms with Crippen LogP contribution in [0.25, 0.3) is 0 Å². The van der Waals surface area contributed by atoms with Crippen LogP contribution in [0.4, 0.5) is 0 Å². The minimum atomic E-state index is -0.397. The second kappa shape index (κ2) is 104. The smallest absolute Gasteiger partial charge is 0.333 e. The van der Waals surface area contributed by atoms with Crippen molar-refractivity contribution in [2.45, 2.75) is 362 Å². The van der Waals surface area contributed by atoms with E-state index in [0.29, 0.717) is 175 Å². The first kappa shape index (κ1) is 146. The topological polar surface area (TPSA) is 421 Å². The van der Waals surface area contributed by atoms with Crippen LogP contribution in [0.5, 0.6) is 0 Å². The average molecular weight is 2090 g/mol. The standard InChI is InChI=1S/C18H30O4.2C16H26O4.C14H20O4.2C14H22O4.C12H16O4.C12H18O4/c1-15(2)17(19)21-13-11-9-7-5-6-8-10-12-14-22-18(20)16(3)4;1-13(2)15(17)19-11-9-7-5-6-8-10-12-20-16(18)14(3)4;1-3-15(17)19-13-11-9-7-5-6-8-10-12-14-20-16(18)4-2;1-9(2)13(15)17-11-5-7-12(8-6-11)18-14(16)10(3)4;1-11(2)13(15)17-9-7-5-6-8-10-18-14(16)12(3)4;1-3-13(15)17-11-9-7-5-6-8-10-12-18-14(16)4-2;1-3-11(13)15-9-5-7-10(8-6-9)16-12(14)4-2;1-3-11(13)15-9-7-5-6-8-10-16-12(14)4-2/h1,3,5-14H2,2,4H3;1,3,5-12H2,2,4H3;3-4H,1-2,5-14H2;11-12H,1,3,5-8H2,2,4H3;1,3,5-10H2,2,4H3;3-4H,1-2,5-12H2;3-4,9-10H,1-2,5-8H2;3-4H,1-2,5-10H2. The van der Waals surface area contributed by atoms with E-state index in [1.807, 2.05) is 0 Å². The Morgan fingerprint density at radius 3 is 0.365 bits per heavy atom. The van der Waals surface area contributed by atoms with Crippen molar-refractivity contribution in [3.63, 3.8) is 0 Å². The maximum absolute atomic E-state index is 11.3. The first-order valence-electron chi connectivity index (χ1n) is 51.6. The summed E-state index contributed by atoms with van der Waals surface area (Å²) in [7, 11) is 0. The summed E-state index contributed by atoms with van der Waals surface area (Å²) in [5.74, 6) is -5.60. The Morgan fingerprint density at radius 1 is 0.155 bits per heavy atom. The lowest BCUT2D eigenvalue weighted by atomic mass is 9.95. The summed E-state index contributed by atoms with van der Waals surface area (Å²) in [5.41, 5.74) is 3.44. The lowest BCUT2D eigenvalue weighted by Gasteiger charge is -2.28. The van der Waals surface area contributed by atoms with Crippen LogP contribution in [0.2, 0.25) is 0 Å². The van der Waals surface area contributed by atoms with Gasteiger partial charge in [0, 0.05) is 93.2 Å². The Labute approximate surface area is 883 Å². The average Bonchev–Trinajstić information content (AvgIpc) is 0.878. The van der Waals surface area contributed by atoms with Crippen LogP contribution in [-0.2, 0) is 153 Å². The Balaban J connectivity index is -0.000000390. The van der Waals surface area contributed by atoms with Crippen molar-refractivity contribution >= 4 is 95.5 Å². The van der Waals surface area contributed by atoms with Gasteiger partial charge in [-0.3, -0.25) is 0 Å². The molecule has 0 aromatic heterocycles. The van der Waals surface area contributed by atoms with Gasteiger partial charge >= 0.3 is 95.5 Å². The second-order valence-corrected chi connectivity index (χ2v) is 34.9. The van der Waals surface area contributed by atoms with E-state index in [2.05, 4.69) is 105 Å². The third-order valence-electron chi connectivity index (χ3n) is 20.6.